The molecule has 1 saturated carbocycles. The molecule has 140 valence electrons. The van der Waals surface area contributed by atoms with Crippen LogP contribution in [-0.4, -0.2) is 60.4 Å². The summed E-state index contributed by atoms with van der Waals surface area (Å²) in [5, 5.41) is 13.1. The van der Waals surface area contributed by atoms with E-state index in [1.54, 1.807) is 0 Å². The Labute approximate surface area is 147 Å². The first kappa shape index (κ1) is 19.7. The number of β-amino-alcohol motifs (C(OH)–C–C–N with tert-alkyl or cyclic N) is 1. The molecule has 1 amide bonds. The van der Waals surface area contributed by atoms with E-state index in [-0.39, 0.29) is 18.1 Å². The second-order valence-corrected chi connectivity index (χ2v) is 7.68. The van der Waals surface area contributed by atoms with Crippen molar-refractivity contribution in [1.82, 2.24) is 10.2 Å². The number of ether oxygens (including phenoxy) is 1. The van der Waals surface area contributed by atoms with Gasteiger partial charge in [-0.1, -0.05) is 33.1 Å². The van der Waals surface area contributed by atoms with Gasteiger partial charge in [0.1, 0.15) is 6.10 Å². The van der Waals surface area contributed by atoms with Gasteiger partial charge >= 0.3 is 0 Å². The molecule has 5 nitrogen and oxygen atoms in total. The monoisotopic (exact) mass is 340 g/mol. The molecule has 1 aliphatic carbocycles. The lowest BCUT2D eigenvalue weighted by atomic mass is 9.97. The Morgan fingerprint density at radius 3 is 2.50 bits per heavy atom. The zero-order chi connectivity index (χ0) is 17.4. The van der Waals surface area contributed by atoms with E-state index >= 15 is 0 Å². The maximum Gasteiger partial charge on any atom is 0.249 e. The molecule has 24 heavy (non-hydrogen) atoms. The van der Waals surface area contributed by atoms with E-state index in [9.17, 15) is 9.90 Å². The summed E-state index contributed by atoms with van der Waals surface area (Å²) < 4.78 is 5.99. The van der Waals surface area contributed by atoms with Gasteiger partial charge in [0.05, 0.1) is 12.2 Å². The maximum absolute atomic E-state index is 12.3. The van der Waals surface area contributed by atoms with Crippen LogP contribution in [0.5, 0.6) is 0 Å². The third-order valence-corrected chi connectivity index (χ3v) is 5.43. The number of carbonyl (C=O) groups is 1. The molecular weight excluding hydrogens is 304 g/mol. The minimum absolute atomic E-state index is 0.0746. The van der Waals surface area contributed by atoms with Gasteiger partial charge < -0.3 is 20.1 Å². The van der Waals surface area contributed by atoms with Gasteiger partial charge in [-0.25, -0.2) is 0 Å². The van der Waals surface area contributed by atoms with Crippen molar-refractivity contribution in [3.63, 3.8) is 0 Å². The molecule has 2 N–H and O–H groups in total. The standard InChI is InChI=1S/C19H36N2O3/c1-3-18(24-17-7-5-4-6-8-17)19(23)20-13-16(22)14-21-11-9-15(2)10-12-21/h15-18,22H,3-14H2,1-2H3,(H,20,23). The Morgan fingerprint density at radius 1 is 1.21 bits per heavy atom. The minimum Gasteiger partial charge on any atom is -0.390 e. The normalized spacial score (nSPS) is 23.8. The van der Waals surface area contributed by atoms with Gasteiger partial charge in [-0.15, -0.1) is 0 Å². The lowest BCUT2D eigenvalue weighted by Gasteiger charge is -2.32. The van der Waals surface area contributed by atoms with Crippen LogP contribution >= 0.6 is 0 Å². The van der Waals surface area contributed by atoms with E-state index < -0.39 is 6.10 Å². The Bertz CT molecular complexity index is 364. The van der Waals surface area contributed by atoms with Crippen LogP contribution in [0.4, 0.5) is 0 Å². The summed E-state index contributed by atoms with van der Waals surface area (Å²) in [6, 6.07) is 0. The summed E-state index contributed by atoms with van der Waals surface area (Å²) in [6.07, 6.45) is 8.26. The molecule has 1 saturated heterocycles. The number of nitrogens with zero attached hydrogens (tertiary/aromatic N) is 1. The Kier molecular flexibility index (Phi) is 8.50. The van der Waals surface area contributed by atoms with E-state index in [4.69, 9.17) is 4.74 Å². The number of nitrogens with one attached hydrogen (secondary N) is 1. The van der Waals surface area contributed by atoms with Crippen molar-refractivity contribution in [2.45, 2.75) is 83.5 Å². The molecular formula is C19H36N2O3. The Morgan fingerprint density at radius 2 is 1.88 bits per heavy atom. The molecule has 0 spiro atoms. The zero-order valence-electron chi connectivity index (χ0n) is 15.5. The van der Waals surface area contributed by atoms with Gasteiger partial charge in [0.2, 0.25) is 5.91 Å². The van der Waals surface area contributed by atoms with Gasteiger partial charge in [0.25, 0.3) is 0 Å². The second kappa shape index (κ2) is 10.4. The molecule has 2 fully saturated rings. The van der Waals surface area contributed by atoms with Crippen LogP contribution in [0.1, 0.15) is 65.2 Å². The van der Waals surface area contributed by atoms with Crippen LogP contribution in [0.3, 0.4) is 0 Å². The van der Waals surface area contributed by atoms with E-state index in [0.29, 0.717) is 19.5 Å². The topological polar surface area (TPSA) is 61.8 Å². The number of carbonyl (C=O) groups excluding carboxylic acids is 1. The summed E-state index contributed by atoms with van der Waals surface area (Å²) in [5.41, 5.74) is 0. The molecule has 2 atom stereocenters. The summed E-state index contributed by atoms with van der Waals surface area (Å²) in [6.45, 7) is 7.33. The first-order valence-corrected chi connectivity index (χ1v) is 9.92. The molecule has 5 heteroatoms. The van der Waals surface area contributed by atoms with Gasteiger partial charge in [0, 0.05) is 13.1 Å². The second-order valence-electron chi connectivity index (χ2n) is 7.68. The highest BCUT2D eigenvalue weighted by Crippen LogP contribution is 2.22. The molecule has 2 unspecified atom stereocenters. The number of piperidine rings is 1. The molecule has 0 aromatic carbocycles. The van der Waals surface area contributed by atoms with E-state index in [0.717, 1.165) is 31.8 Å². The van der Waals surface area contributed by atoms with Crippen molar-refractivity contribution in [3.05, 3.63) is 0 Å². The van der Waals surface area contributed by atoms with Gasteiger partial charge in [-0.2, -0.15) is 0 Å². The van der Waals surface area contributed by atoms with Gasteiger partial charge in [-0.05, 0) is 51.1 Å². The quantitative estimate of drug-likeness (QED) is 0.712. The summed E-state index contributed by atoms with van der Waals surface area (Å²) in [7, 11) is 0. The average Bonchev–Trinajstić information content (AvgIpc) is 2.60. The minimum atomic E-state index is -0.505. The van der Waals surface area contributed by atoms with E-state index in [1.807, 2.05) is 6.92 Å². The van der Waals surface area contributed by atoms with Crippen LogP contribution in [0, 0.1) is 5.92 Å². The van der Waals surface area contributed by atoms with Crippen molar-refractivity contribution in [2.75, 3.05) is 26.2 Å². The predicted molar refractivity (Wildman–Crippen MR) is 95.9 cm³/mol. The average molecular weight is 341 g/mol. The van der Waals surface area contributed by atoms with Crippen LogP contribution < -0.4 is 5.32 Å². The number of aliphatic hydroxyl groups excluding tert-OH is 1. The Balaban J connectivity index is 1.66. The molecule has 0 bridgehead atoms. The predicted octanol–water partition coefficient (Wildman–Crippen LogP) is 2.32. The number of amides is 1. The number of hydrogen-bond acceptors (Lipinski definition) is 4. The molecule has 0 aromatic rings. The number of rotatable bonds is 8. The largest absolute Gasteiger partial charge is 0.390 e. The highest BCUT2D eigenvalue weighted by Gasteiger charge is 2.24. The first-order valence-electron chi connectivity index (χ1n) is 9.92. The highest BCUT2D eigenvalue weighted by molar-refractivity contribution is 5.80. The zero-order valence-corrected chi connectivity index (χ0v) is 15.5. The first-order chi connectivity index (χ1) is 11.6. The highest BCUT2D eigenvalue weighted by atomic mass is 16.5. The van der Waals surface area contributed by atoms with E-state index in [2.05, 4.69) is 17.1 Å². The fourth-order valence-corrected chi connectivity index (χ4v) is 3.72. The fraction of sp³-hybridized carbons (Fsp3) is 0.947. The maximum atomic E-state index is 12.3. The lowest BCUT2D eigenvalue weighted by Crippen LogP contribution is -2.46. The smallest absolute Gasteiger partial charge is 0.249 e. The summed E-state index contributed by atoms with van der Waals surface area (Å²) in [5.74, 6) is 0.717. The summed E-state index contributed by atoms with van der Waals surface area (Å²) >= 11 is 0. The molecule has 2 rings (SSSR count). The third kappa shape index (κ3) is 6.69. The lowest BCUT2D eigenvalue weighted by molar-refractivity contribution is -0.138. The third-order valence-electron chi connectivity index (χ3n) is 5.43. The number of aliphatic hydroxyl groups is 1. The Hall–Kier alpha value is -0.650. The van der Waals surface area contributed by atoms with Gasteiger partial charge in [-0.3, -0.25) is 4.79 Å². The van der Waals surface area contributed by atoms with Crippen LogP contribution in [0.15, 0.2) is 0 Å². The van der Waals surface area contributed by atoms with Crippen LogP contribution in [0.2, 0.25) is 0 Å². The van der Waals surface area contributed by atoms with Crippen LogP contribution in [0.25, 0.3) is 0 Å². The van der Waals surface area contributed by atoms with Crippen molar-refractivity contribution >= 4 is 5.91 Å². The van der Waals surface area contributed by atoms with Gasteiger partial charge in [0.15, 0.2) is 0 Å². The molecule has 0 radical (unpaired) electrons. The molecule has 0 aromatic heterocycles. The van der Waals surface area contributed by atoms with E-state index in [1.165, 1.54) is 32.1 Å². The van der Waals surface area contributed by atoms with Crippen molar-refractivity contribution in [2.24, 2.45) is 5.92 Å². The number of likely N-dealkylation sites (tertiary alicyclic amines) is 1. The van der Waals surface area contributed by atoms with Crippen molar-refractivity contribution in [3.8, 4) is 0 Å². The van der Waals surface area contributed by atoms with Crippen molar-refractivity contribution < 1.29 is 14.6 Å². The molecule has 1 aliphatic heterocycles. The molecule has 2 aliphatic rings. The molecule has 1 heterocycles. The SMILES string of the molecule is CCC(OC1CCCCC1)C(=O)NCC(O)CN1CCC(C)CC1. The van der Waals surface area contributed by atoms with Crippen molar-refractivity contribution in [1.29, 1.82) is 0 Å². The summed E-state index contributed by atoms with van der Waals surface area (Å²) in [4.78, 5) is 14.6. The fourth-order valence-electron chi connectivity index (χ4n) is 3.72. The number of hydrogen-bond donors (Lipinski definition) is 2. The van der Waals surface area contributed by atoms with Crippen LogP contribution in [-0.2, 0) is 9.53 Å².